The van der Waals surface area contributed by atoms with Gasteiger partial charge in [0.25, 0.3) is 0 Å². The van der Waals surface area contributed by atoms with Crippen LogP contribution in [0.25, 0.3) is 0 Å². The van der Waals surface area contributed by atoms with Gasteiger partial charge < -0.3 is 9.84 Å². The third kappa shape index (κ3) is 3.43. The van der Waals surface area contributed by atoms with Crippen molar-refractivity contribution in [3.05, 3.63) is 16.1 Å². The lowest BCUT2D eigenvalue weighted by atomic mass is 10.3. The molecule has 4 nitrogen and oxygen atoms in total. The number of rotatable bonds is 5. The third-order valence-electron chi connectivity index (χ3n) is 1.62. The van der Waals surface area contributed by atoms with Gasteiger partial charge in [0.2, 0.25) is 0 Å². The van der Waals surface area contributed by atoms with Crippen LogP contribution < -0.4 is 0 Å². The van der Waals surface area contributed by atoms with Gasteiger partial charge in [0.1, 0.15) is 5.01 Å². The van der Waals surface area contributed by atoms with E-state index in [9.17, 15) is 4.79 Å². The molecule has 5 heteroatoms. The smallest absolute Gasteiger partial charge is 0.306 e. The van der Waals surface area contributed by atoms with E-state index < -0.39 is 0 Å². The lowest BCUT2D eigenvalue weighted by Crippen LogP contribution is -2.04. The molecule has 0 aliphatic carbocycles. The van der Waals surface area contributed by atoms with E-state index in [1.807, 2.05) is 0 Å². The molecule has 0 saturated heterocycles. The largest absolute Gasteiger partial charge is 0.466 e. The summed E-state index contributed by atoms with van der Waals surface area (Å²) in [5.41, 5.74) is 0. The fraction of sp³-hybridized carbons (Fsp3) is 0.556. The molecule has 0 unspecified atom stereocenters. The summed E-state index contributed by atoms with van der Waals surface area (Å²) in [4.78, 5) is 16.0. The number of aromatic nitrogens is 1. The quantitative estimate of drug-likeness (QED) is 0.748. The van der Waals surface area contributed by atoms with Crippen LogP contribution in [0.4, 0.5) is 0 Å². The Morgan fingerprint density at radius 2 is 2.50 bits per heavy atom. The van der Waals surface area contributed by atoms with Gasteiger partial charge >= 0.3 is 5.97 Å². The van der Waals surface area contributed by atoms with Gasteiger partial charge in [-0.1, -0.05) is 0 Å². The number of hydrogen-bond donors (Lipinski definition) is 1. The van der Waals surface area contributed by atoms with E-state index in [4.69, 9.17) is 9.84 Å². The van der Waals surface area contributed by atoms with Gasteiger partial charge in [0.15, 0.2) is 0 Å². The highest BCUT2D eigenvalue weighted by Gasteiger charge is 2.05. The van der Waals surface area contributed by atoms with E-state index in [-0.39, 0.29) is 12.6 Å². The molecule has 1 N–H and O–H groups in total. The standard InChI is InChI=1S/C9H13NO3S/c1-2-13-9(12)4-3-7-5-10-8(6-11)14-7/h5,11H,2-4,6H2,1H3. The number of carbonyl (C=O) groups is 1. The van der Waals surface area contributed by atoms with Gasteiger partial charge in [-0.3, -0.25) is 4.79 Å². The van der Waals surface area contributed by atoms with Crippen molar-refractivity contribution in [3.8, 4) is 0 Å². The minimum Gasteiger partial charge on any atom is -0.466 e. The summed E-state index contributed by atoms with van der Waals surface area (Å²) in [6.45, 7) is 2.17. The highest BCUT2D eigenvalue weighted by Crippen LogP contribution is 2.14. The maximum atomic E-state index is 11.0. The van der Waals surface area contributed by atoms with Gasteiger partial charge in [-0.05, 0) is 13.3 Å². The zero-order valence-electron chi connectivity index (χ0n) is 8.02. The molecule has 0 bridgehead atoms. The van der Waals surface area contributed by atoms with Crippen LogP contribution in [0.5, 0.6) is 0 Å². The number of carbonyl (C=O) groups excluding carboxylic acids is 1. The first-order valence-electron chi connectivity index (χ1n) is 4.46. The van der Waals surface area contributed by atoms with E-state index >= 15 is 0 Å². The van der Waals surface area contributed by atoms with E-state index in [0.29, 0.717) is 24.5 Å². The van der Waals surface area contributed by atoms with Crippen LogP contribution in [0.3, 0.4) is 0 Å². The first kappa shape index (κ1) is 11.1. The van der Waals surface area contributed by atoms with Gasteiger partial charge in [-0.2, -0.15) is 0 Å². The van der Waals surface area contributed by atoms with Crippen molar-refractivity contribution in [1.82, 2.24) is 4.98 Å². The first-order valence-corrected chi connectivity index (χ1v) is 5.28. The van der Waals surface area contributed by atoms with E-state index in [2.05, 4.69) is 4.98 Å². The van der Waals surface area contributed by atoms with E-state index in [1.165, 1.54) is 11.3 Å². The number of hydrogen-bond acceptors (Lipinski definition) is 5. The Hall–Kier alpha value is -0.940. The summed E-state index contributed by atoms with van der Waals surface area (Å²) in [5, 5.41) is 9.45. The maximum absolute atomic E-state index is 11.0. The highest BCUT2D eigenvalue weighted by atomic mass is 32.1. The topological polar surface area (TPSA) is 59.4 Å². The van der Waals surface area contributed by atoms with Crippen LogP contribution >= 0.6 is 11.3 Å². The van der Waals surface area contributed by atoms with E-state index in [0.717, 1.165) is 4.88 Å². The molecule has 0 spiro atoms. The predicted molar refractivity (Wildman–Crippen MR) is 53.0 cm³/mol. The Balaban J connectivity index is 2.34. The van der Waals surface area contributed by atoms with Crippen molar-refractivity contribution < 1.29 is 14.6 Å². The van der Waals surface area contributed by atoms with Crippen LogP contribution in [0, 0.1) is 0 Å². The molecule has 14 heavy (non-hydrogen) atoms. The molecule has 0 aromatic carbocycles. The van der Waals surface area contributed by atoms with Crippen LogP contribution in [0.2, 0.25) is 0 Å². The zero-order chi connectivity index (χ0) is 10.4. The average molecular weight is 215 g/mol. The van der Waals surface area contributed by atoms with Crippen LogP contribution in [0.15, 0.2) is 6.20 Å². The monoisotopic (exact) mass is 215 g/mol. The van der Waals surface area contributed by atoms with Gasteiger partial charge in [-0.25, -0.2) is 4.98 Å². The molecule has 1 rings (SSSR count). The van der Waals surface area contributed by atoms with Crippen LogP contribution in [0.1, 0.15) is 23.2 Å². The molecule has 1 aromatic rings. The lowest BCUT2D eigenvalue weighted by Gasteiger charge is -1.98. The van der Waals surface area contributed by atoms with Gasteiger partial charge in [0, 0.05) is 11.1 Å². The zero-order valence-corrected chi connectivity index (χ0v) is 8.84. The van der Waals surface area contributed by atoms with E-state index in [1.54, 1.807) is 13.1 Å². The Morgan fingerprint density at radius 1 is 1.71 bits per heavy atom. The molecule has 0 aliphatic rings. The van der Waals surface area contributed by atoms with Crippen LogP contribution in [-0.4, -0.2) is 22.7 Å². The number of aliphatic hydroxyl groups is 1. The summed E-state index contributed by atoms with van der Waals surface area (Å²) < 4.78 is 4.79. The van der Waals surface area contributed by atoms with Crippen LogP contribution in [-0.2, 0) is 22.6 Å². The number of aliphatic hydroxyl groups excluding tert-OH is 1. The second kappa shape index (κ2) is 5.72. The minimum absolute atomic E-state index is 0.0376. The van der Waals surface area contributed by atoms with Crippen molar-refractivity contribution in [2.45, 2.75) is 26.4 Å². The molecule has 1 heterocycles. The van der Waals surface area contributed by atoms with Gasteiger partial charge in [0.05, 0.1) is 19.6 Å². The number of thiazole rings is 1. The molecule has 78 valence electrons. The lowest BCUT2D eigenvalue weighted by molar-refractivity contribution is -0.143. The summed E-state index contributed by atoms with van der Waals surface area (Å²) in [7, 11) is 0. The Labute approximate surface area is 86.6 Å². The predicted octanol–water partition coefficient (Wildman–Crippen LogP) is 1.13. The fourth-order valence-electron chi connectivity index (χ4n) is 0.995. The Kier molecular flexibility index (Phi) is 4.55. The first-order chi connectivity index (χ1) is 6.76. The van der Waals surface area contributed by atoms with Crippen molar-refractivity contribution in [2.75, 3.05) is 6.61 Å². The van der Waals surface area contributed by atoms with Crippen molar-refractivity contribution in [2.24, 2.45) is 0 Å². The highest BCUT2D eigenvalue weighted by molar-refractivity contribution is 7.11. The number of aryl methyl sites for hydroxylation is 1. The summed E-state index contributed by atoms with van der Waals surface area (Å²) in [6.07, 6.45) is 2.70. The molecular weight excluding hydrogens is 202 g/mol. The second-order valence-electron chi connectivity index (χ2n) is 2.68. The number of nitrogens with zero attached hydrogens (tertiary/aromatic N) is 1. The summed E-state index contributed by atoms with van der Waals surface area (Å²) in [5.74, 6) is -0.188. The van der Waals surface area contributed by atoms with Crippen molar-refractivity contribution >= 4 is 17.3 Å². The normalized spacial score (nSPS) is 10.1. The fourth-order valence-corrected chi connectivity index (χ4v) is 1.78. The Morgan fingerprint density at radius 3 is 3.07 bits per heavy atom. The van der Waals surface area contributed by atoms with Gasteiger partial charge in [-0.15, -0.1) is 11.3 Å². The average Bonchev–Trinajstić information content (AvgIpc) is 2.63. The molecular formula is C9H13NO3S. The molecule has 0 aliphatic heterocycles. The van der Waals surface area contributed by atoms with Crippen molar-refractivity contribution in [1.29, 1.82) is 0 Å². The molecule has 0 atom stereocenters. The Bertz CT molecular complexity index is 298. The molecule has 0 saturated carbocycles. The molecule has 0 radical (unpaired) electrons. The molecule has 0 fully saturated rings. The number of ether oxygens (including phenoxy) is 1. The summed E-state index contributed by atoms with van der Waals surface area (Å²) >= 11 is 1.42. The molecule has 1 aromatic heterocycles. The molecule has 0 amide bonds. The third-order valence-corrected chi connectivity index (χ3v) is 2.66. The number of esters is 1. The minimum atomic E-state index is -0.188. The maximum Gasteiger partial charge on any atom is 0.306 e. The second-order valence-corrected chi connectivity index (χ2v) is 3.88. The van der Waals surface area contributed by atoms with Crippen molar-refractivity contribution in [3.63, 3.8) is 0 Å². The summed E-state index contributed by atoms with van der Waals surface area (Å²) in [6, 6.07) is 0. The SMILES string of the molecule is CCOC(=O)CCc1cnc(CO)s1.